The lowest BCUT2D eigenvalue weighted by Crippen LogP contribution is -3.00. The molecule has 1 aromatic carbocycles. The molecule has 214 valence electrons. The van der Waals surface area contributed by atoms with E-state index in [1.54, 1.807) is 0 Å². The van der Waals surface area contributed by atoms with Crippen LogP contribution in [-0.2, 0) is 29.7 Å². The number of hydrogen-bond donors (Lipinski definition) is 1. The summed E-state index contributed by atoms with van der Waals surface area (Å²) < 4.78 is 8.40. The second kappa shape index (κ2) is 19.4. The zero-order valence-electron chi connectivity index (χ0n) is 24.8. The maximum absolute atomic E-state index is 12.7. The number of benzene rings is 1. The molecule has 0 aliphatic carbocycles. The predicted octanol–water partition coefficient (Wildman–Crippen LogP) is 4.84. The van der Waals surface area contributed by atoms with Crippen LogP contribution in [0.3, 0.4) is 0 Å². The fraction of sp³-hybridized carbons (Fsp3) is 0.636. The van der Waals surface area contributed by atoms with Gasteiger partial charge in [-0.1, -0.05) is 105 Å². The van der Waals surface area contributed by atoms with Crippen molar-refractivity contribution in [3.05, 3.63) is 59.4 Å². The minimum atomic E-state index is -0.0451. The number of ether oxygens (including phenoxy) is 1. The van der Waals surface area contributed by atoms with Gasteiger partial charge in [-0.15, -0.1) is 0 Å². The third-order valence-electron chi connectivity index (χ3n) is 6.86. The van der Waals surface area contributed by atoms with E-state index in [2.05, 4.69) is 75.1 Å². The maximum Gasteiger partial charge on any atom is 0.224 e. The van der Waals surface area contributed by atoms with Gasteiger partial charge in [-0.2, -0.15) is 0 Å². The molecule has 1 amide bonds. The van der Waals surface area contributed by atoms with E-state index in [0.29, 0.717) is 13.0 Å². The molecule has 5 heteroatoms. The van der Waals surface area contributed by atoms with E-state index in [0.717, 1.165) is 42.9 Å². The Balaban J connectivity index is 0.00000722. The molecule has 0 unspecified atom stereocenters. The molecule has 0 aliphatic heterocycles. The Bertz CT molecular complexity index is 923. The number of carbonyl (C=O) groups excluding carboxylic acids is 1. The number of amides is 1. The molecule has 1 heterocycles. The van der Waals surface area contributed by atoms with Crippen molar-refractivity contribution in [1.82, 2.24) is 5.32 Å². The van der Waals surface area contributed by atoms with Crippen molar-refractivity contribution in [3.63, 3.8) is 0 Å². The first kappa shape index (κ1) is 34.4. The molecule has 0 fully saturated rings. The third-order valence-corrected chi connectivity index (χ3v) is 6.86. The van der Waals surface area contributed by atoms with Crippen LogP contribution in [0.1, 0.15) is 122 Å². The number of aromatic nitrogens is 1. The number of aryl methyl sites for hydroxylation is 1. The highest BCUT2D eigenvalue weighted by Crippen LogP contribution is 2.32. The molecular formula is C33H53IN2O2. The number of carbonyl (C=O) groups is 1. The molecule has 2 aromatic rings. The first-order valence-electron chi connectivity index (χ1n) is 14.8. The third kappa shape index (κ3) is 14.0. The summed E-state index contributed by atoms with van der Waals surface area (Å²) in [5.74, 6) is 1.00. The van der Waals surface area contributed by atoms with Crippen LogP contribution < -0.4 is 38.6 Å². The lowest BCUT2D eigenvalue weighted by atomic mass is 9.85. The lowest BCUT2D eigenvalue weighted by molar-refractivity contribution is -0.697. The first-order chi connectivity index (χ1) is 17.8. The molecule has 0 saturated carbocycles. The number of nitrogens with one attached hydrogen (secondary N) is 1. The van der Waals surface area contributed by atoms with Crippen molar-refractivity contribution >= 4 is 5.91 Å². The molecule has 0 radical (unpaired) electrons. The quantitative estimate of drug-likeness (QED) is 0.145. The summed E-state index contributed by atoms with van der Waals surface area (Å²) in [6.07, 6.45) is 18.9. The Labute approximate surface area is 250 Å². The average Bonchev–Trinajstić information content (AvgIpc) is 2.86. The standard InChI is InChI=1S/C33H52N2O2.HI/c1-6-8-9-10-11-12-13-14-15-16-23-37-31-20-19-28(24-30(31)33(3,4)5)25-32(36)34-26-29-18-17-22-35(27-29)21-7-2;/h17-20,22,24,27H,6-16,21,23,25-26H2,1-5H3;1H. The highest BCUT2D eigenvalue weighted by molar-refractivity contribution is 5.78. The minimum absolute atomic E-state index is 0. The van der Waals surface area contributed by atoms with Crippen LogP contribution in [0.15, 0.2) is 42.7 Å². The second-order valence-corrected chi connectivity index (χ2v) is 11.5. The topological polar surface area (TPSA) is 42.2 Å². The molecular weight excluding hydrogens is 583 g/mol. The summed E-state index contributed by atoms with van der Waals surface area (Å²) in [5.41, 5.74) is 3.28. The Kier molecular flexibility index (Phi) is 17.6. The first-order valence-corrected chi connectivity index (χ1v) is 14.8. The van der Waals surface area contributed by atoms with Crippen molar-refractivity contribution in [3.8, 4) is 5.75 Å². The van der Waals surface area contributed by atoms with Gasteiger partial charge in [-0.3, -0.25) is 4.79 Å². The Morgan fingerprint density at radius 2 is 1.53 bits per heavy atom. The molecule has 0 aliphatic rings. The zero-order valence-corrected chi connectivity index (χ0v) is 26.9. The predicted molar refractivity (Wildman–Crippen MR) is 155 cm³/mol. The SMILES string of the molecule is CCCCCCCCCCCCOc1ccc(CC(=O)NCc2ccc[n+](CCC)c2)cc1C(C)(C)C.[I-]. The van der Waals surface area contributed by atoms with Crippen molar-refractivity contribution < 1.29 is 38.1 Å². The summed E-state index contributed by atoms with van der Waals surface area (Å²) in [5, 5.41) is 3.08. The Morgan fingerprint density at radius 1 is 0.868 bits per heavy atom. The van der Waals surface area contributed by atoms with Gasteiger partial charge in [0.05, 0.1) is 13.0 Å². The van der Waals surface area contributed by atoms with Crippen molar-refractivity contribution in [2.45, 2.75) is 130 Å². The van der Waals surface area contributed by atoms with Gasteiger partial charge in [0.2, 0.25) is 5.91 Å². The normalized spacial score (nSPS) is 11.2. The summed E-state index contributed by atoms with van der Waals surface area (Å²) in [6.45, 7) is 13.4. The van der Waals surface area contributed by atoms with E-state index in [4.69, 9.17) is 4.74 Å². The minimum Gasteiger partial charge on any atom is -1.00 e. The summed E-state index contributed by atoms with van der Waals surface area (Å²) in [6, 6.07) is 10.4. The van der Waals surface area contributed by atoms with E-state index in [1.165, 1.54) is 63.4 Å². The smallest absolute Gasteiger partial charge is 0.224 e. The van der Waals surface area contributed by atoms with E-state index in [-0.39, 0.29) is 35.3 Å². The molecule has 1 aromatic heterocycles. The van der Waals surface area contributed by atoms with Gasteiger partial charge in [-0.05, 0) is 35.1 Å². The van der Waals surface area contributed by atoms with Crippen LogP contribution in [-0.4, -0.2) is 12.5 Å². The van der Waals surface area contributed by atoms with E-state index in [9.17, 15) is 4.79 Å². The number of unbranched alkanes of at least 4 members (excludes halogenated alkanes) is 9. The van der Waals surface area contributed by atoms with Gasteiger partial charge in [-0.25, -0.2) is 4.57 Å². The van der Waals surface area contributed by atoms with Gasteiger partial charge in [0.1, 0.15) is 12.3 Å². The van der Waals surface area contributed by atoms with Gasteiger partial charge >= 0.3 is 0 Å². The molecule has 38 heavy (non-hydrogen) atoms. The molecule has 4 nitrogen and oxygen atoms in total. The van der Waals surface area contributed by atoms with Crippen molar-refractivity contribution in [1.29, 1.82) is 0 Å². The van der Waals surface area contributed by atoms with Crippen LogP contribution in [0, 0.1) is 0 Å². The van der Waals surface area contributed by atoms with Crippen molar-refractivity contribution in [2.24, 2.45) is 0 Å². The summed E-state index contributed by atoms with van der Waals surface area (Å²) in [4.78, 5) is 12.7. The molecule has 1 N–H and O–H groups in total. The lowest BCUT2D eigenvalue weighted by Gasteiger charge is -2.24. The molecule has 0 spiro atoms. The highest BCUT2D eigenvalue weighted by Gasteiger charge is 2.20. The van der Waals surface area contributed by atoms with E-state index < -0.39 is 0 Å². The van der Waals surface area contributed by atoms with Crippen LogP contribution >= 0.6 is 0 Å². The molecule has 0 saturated heterocycles. The largest absolute Gasteiger partial charge is 1.00 e. The van der Waals surface area contributed by atoms with Gasteiger partial charge in [0, 0.05) is 24.6 Å². The second-order valence-electron chi connectivity index (χ2n) is 11.5. The van der Waals surface area contributed by atoms with Crippen LogP contribution in [0.5, 0.6) is 5.75 Å². The van der Waals surface area contributed by atoms with Gasteiger partial charge in [0.15, 0.2) is 12.4 Å². The fourth-order valence-electron chi connectivity index (χ4n) is 4.70. The van der Waals surface area contributed by atoms with Crippen molar-refractivity contribution in [2.75, 3.05) is 6.61 Å². The number of hydrogen-bond acceptors (Lipinski definition) is 2. The monoisotopic (exact) mass is 636 g/mol. The van der Waals surface area contributed by atoms with Crippen LogP contribution in [0.2, 0.25) is 0 Å². The Hall–Kier alpha value is -1.63. The molecule has 0 bridgehead atoms. The number of halogens is 1. The fourth-order valence-corrected chi connectivity index (χ4v) is 4.70. The van der Waals surface area contributed by atoms with Gasteiger partial charge < -0.3 is 34.0 Å². The van der Waals surface area contributed by atoms with E-state index in [1.807, 2.05) is 12.1 Å². The zero-order chi connectivity index (χ0) is 26.9. The number of nitrogens with zero attached hydrogens (tertiary/aromatic N) is 1. The van der Waals surface area contributed by atoms with Crippen LogP contribution in [0.4, 0.5) is 0 Å². The maximum atomic E-state index is 12.7. The molecule has 2 rings (SSSR count). The highest BCUT2D eigenvalue weighted by atomic mass is 127. The summed E-state index contributed by atoms with van der Waals surface area (Å²) >= 11 is 0. The molecule has 0 atom stereocenters. The number of pyridine rings is 1. The summed E-state index contributed by atoms with van der Waals surface area (Å²) in [7, 11) is 0. The van der Waals surface area contributed by atoms with E-state index >= 15 is 0 Å². The average molecular weight is 637 g/mol. The number of rotatable bonds is 18. The van der Waals surface area contributed by atoms with Crippen LogP contribution in [0.25, 0.3) is 0 Å². The van der Waals surface area contributed by atoms with Gasteiger partial charge in [0.25, 0.3) is 0 Å². The Morgan fingerprint density at radius 3 is 2.16 bits per heavy atom.